The highest BCUT2D eigenvalue weighted by molar-refractivity contribution is 5.94. The van der Waals surface area contributed by atoms with Crippen LogP contribution >= 0.6 is 0 Å². The third-order valence-electron chi connectivity index (χ3n) is 5.01. The Hall–Kier alpha value is -3.09. The van der Waals surface area contributed by atoms with Gasteiger partial charge in [0, 0.05) is 37.9 Å². The molecule has 4 heterocycles. The number of carbonyl (C=O) groups excluding carboxylic acids is 1. The van der Waals surface area contributed by atoms with Crippen LogP contribution in [-0.2, 0) is 6.42 Å². The zero-order valence-corrected chi connectivity index (χ0v) is 15.4. The molecular weight excluding hydrogens is 342 g/mol. The molecule has 0 spiro atoms. The van der Waals surface area contributed by atoms with Gasteiger partial charge in [0.25, 0.3) is 5.91 Å². The van der Waals surface area contributed by atoms with Crippen molar-refractivity contribution in [2.45, 2.75) is 26.7 Å². The van der Waals surface area contributed by atoms with E-state index in [4.69, 9.17) is 4.52 Å². The van der Waals surface area contributed by atoms with Gasteiger partial charge in [-0.1, -0.05) is 5.16 Å². The predicted molar refractivity (Wildman–Crippen MR) is 99.0 cm³/mol. The van der Waals surface area contributed by atoms with Crippen LogP contribution in [0.2, 0.25) is 0 Å². The zero-order valence-electron chi connectivity index (χ0n) is 15.4. The van der Waals surface area contributed by atoms with Gasteiger partial charge in [-0.15, -0.1) is 0 Å². The number of hydrogen-bond donors (Lipinski definition) is 0. The summed E-state index contributed by atoms with van der Waals surface area (Å²) in [4.78, 5) is 27.7. The Balaban J connectivity index is 1.51. The van der Waals surface area contributed by atoms with E-state index in [1.54, 1.807) is 36.9 Å². The summed E-state index contributed by atoms with van der Waals surface area (Å²) in [5, 5.41) is 4.03. The normalized spacial score (nSPS) is 16.7. The van der Waals surface area contributed by atoms with Crippen LogP contribution in [0.5, 0.6) is 0 Å². The number of aromatic nitrogens is 4. The minimum absolute atomic E-state index is 0.0377. The second kappa shape index (κ2) is 7.26. The highest BCUT2D eigenvalue weighted by atomic mass is 16.5. The fourth-order valence-corrected chi connectivity index (χ4v) is 3.68. The van der Waals surface area contributed by atoms with Crippen molar-refractivity contribution in [1.29, 1.82) is 0 Å². The first-order valence-electron chi connectivity index (χ1n) is 9.06. The summed E-state index contributed by atoms with van der Waals surface area (Å²) in [5.74, 6) is 1.13. The van der Waals surface area contributed by atoms with Crippen LogP contribution in [0.1, 0.15) is 33.9 Å². The average molecular weight is 363 g/mol. The maximum atomic E-state index is 12.6. The van der Waals surface area contributed by atoms with E-state index in [1.165, 1.54) is 0 Å². The van der Waals surface area contributed by atoms with E-state index in [-0.39, 0.29) is 5.91 Å². The SMILES string of the molecule is Cc1noc(C)c1-c1nccnc1CC1CCN(C(=O)c2cccnc2)C1. The van der Waals surface area contributed by atoms with E-state index in [2.05, 4.69) is 20.1 Å². The summed E-state index contributed by atoms with van der Waals surface area (Å²) >= 11 is 0. The molecule has 3 aromatic rings. The minimum atomic E-state index is 0.0377. The Kier molecular flexibility index (Phi) is 4.66. The molecule has 138 valence electrons. The molecule has 0 radical (unpaired) electrons. The Morgan fingerprint density at radius 2 is 2.11 bits per heavy atom. The van der Waals surface area contributed by atoms with Crippen LogP contribution in [0, 0.1) is 19.8 Å². The van der Waals surface area contributed by atoms with Gasteiger partial charge in [-0.05, 0) is 44.7 Å². The van der Waals surface area contributed by atoms with Gasteiger partial charge < -0.3 is 9.42 Å². The molecule has 1 amide bonds. The maximum absolute atomic E-state index is 12.6. The van der Waals surface area contributed by atoms with Crippen molar-refractivity contribution in [2.75, 3.05) is 13.1 Å². The van der Waals surface area contributed by atoms with Gasteiger partial charge in [0.1, 0.15) is 5.76 Å². The smallest absolute Gasteiger partial charge is 0.255 e. The number of likely N-dealkylation sites (tertiary alicyclic amines) is 1. The molecular formula is C20H21N5O2. The molecule has 7 nitrogen and oxygen atoms in total. The van der Waals surface area contributed by atoms with Gasteiger partial charge >= 0.3 is 0 Å². The van der Waals surface area contributed by atoms with Crippen LogP contribution in [0.25, 0.3) is 11.3 Å². The van der Waals surface area contributed by atoms with E-state index in [0.29, 0.717) is 18.0 Å². The first kappa shape index (κ1) is 17.3. The lowest BCUT2D eigenvalue weighted by molar-refractivity contribution is 0.0786. The van der Waals surface area contributed by atoms with Crippen LogP contribution in [0.15, 0.2) is 41.4 Å². The third kappa shape index (κ3) is 3.45. The Morgan fingerprint density at radius 1 is 1.26 bits per heavy atom. The Bertz CT molecular complexity index is 935. The van der Waals surface area contributed by atoms with Crippen molar-refractivity contribution in [3.05, 3.63) is 59.6 Å². The highest BCUT2D eigenvalue weighted by Crippen LogP contribution is 2.30. The largest absolute Gasteiger partial charge is 0.361 e. The lowest BCUT2D eigenvalue weighted by Crippen LogP contribution is -2.29. The second-order valence-corrected chi connectivity index (χ2v) is 6.90. The molecule has 0 aliphatic carbocycles. The molecule has 0 N–H and O–H groups in total. The van der Waals surface area contributed by atoms with E-state index in [1.807, 2.05) is 18.7 Å². The number of pyridine rings is 1. The molecule has 1 aliphatic heterocycles. The summed E-state index contributed by atoms with van der Waals surface area (Å²) in [6, 6.07) is 3.59. The van der Waals surface area contributed by atoms with Crippen LogP contribution < -0.4 is 0 Å². The van der Waals surface area contributed by atoms with Crippen LogP contribution in [0.4, 0.5) is 0 Å². The number of carbonyl (C=O) groups is 1. The number of aryl methyl sites for hydroxylation is 2. The maximum Gasteiger partial charge on any atom is 0.255 e. The van der Waals surface area contributed by atoms with Crippen molar-refractivity contribution in [2.24, 2.45) is 5.92 Å². The number of nitrogens with zero attached hydrogens (tertiary/aromatic N) is 5. The monoisotopic (exact) mass is 363 g/mol. The molecule has 3 aromatic heterocycles. The van der Waals surface area contributed by atoms with E-state index >= 15 is 0 Å². The van der Waals surface area contributed by atoms with Gasteiger partial charge in [-0.2, -0.15) is 0 Å². The fourth-order valence-electron chi connectivity index (χ4n) is 3.68. The molecule has 1 atom stereocenters. The van der Waals surface area contributed by atoms with Crippen LogP contribution in [-0.4, -0.2) is 44.0 Å². The molecule has 4 rings (SSSR count). The summed E-state index contributed by atoms with van der Waals surface area (Å²) in [6.07, 6.45) is 8.41. The number of rotatable bonds is 4. The molecule has 1 fully saturated rings. The quantitative estimate of drug-likeness (QED) is 0.709. The molecule has 7 heteroatoms. The summed E-state index contributed by atoms with van der Waals surface area (Å²) < 4.78 is 5.30. The van der Waals surface area contributed by atoms with E-state index in [9.17, 15) is 4.79 Å². The Labute approximate surface area is 157 Å². The van der Waals surface area contributed by atoms with Gasteiger partial charge in [-0.3, -0.25) is 19.7 Å². The highest BCUT2D eigenvalue weighted by Gasteiger charge is 2.29. The summed E-state index contributed by atoms with van der Waals surface area (Å²) in [6.45, 7) is 5.26. The first-order valence-corrected chi connectivity index (χ1v) is 9.06. The molecule has 0 bridgehead atoms. The number of hydrogen-bond acceptors (Lipinski definition) is 6. The zero-order chi connectivity index (χ0) is 18.8. The van der Waals surface area contributed by atoms with Crippen molar-refractivity contribution < 1.29 is 9.32 Å². The minimum Gasteiger partial charge on any atom is -0.361 e. The summed E-state index contributed by atoms with van der Waals surface area (Å²) in [5.41, 5.74) is 4.11. The van der Waals surface area contributed by atoms with E-state index in [0.717, 1.165) is 47.8 Å². The lowest BCUT2D eigenvalue weighted by atomic mass is 9.98. The van der Waals surface area contributed by atoms with Gasteiger partial charge in [0.05, 0.1) is 28.2 Å². The first-order chi connectivity index (χ1) is 13.1. The molecule has 27 heavy (non-hydrogen) atoms. The van der Waals surface area contributed by atoms with Crippen molar-refractivity contribution >= 4 is 5.91 Å². The Morgan fingerprint density at radius 3 is 2.85 bits per heavy atom. The number of amides is 1. The van der Waals surface area contributed by atoms with Gasteiger partial charge in [-0.25, -0.2) is 0 Å². The van der Waals surface area contributed by atoms with Gasteiger partial charge in [0.2, 0.25) is 0 Å². The second-order valence-electron chi connectivity index (χ2n) is 6.90. The van der Waals surface area contributed by atoms with Crippen molar-refractivity contribution in [1.82, 2.24) is 25.0 Å². The van der Waals surface area contributed by atoms with E-state index < -0.39 is 0 Å². The van der Waals surface area contributed by atoms with Crippen molar-refractivity contribution in [3.8, 4) is 11.3 Å². The van der Waals surface area contributed by atoms with Crippen LogP contribution in [0.3, 0.4) is 0 Å². The topological polar surface area (TPSA) is 85.0 Å². The lowest BCUT2D eigenvalue weighted by Gasteiger charge is -2.16. The third-order valence-corrected chi connectivity index (χ3v) is 5.01. The predicted octanol–water partition coefficient (Wildman–Crippen LogP) is 2.85. The average Bonchev–Trinajstić information content (AvgIpc) is 3.29. The molecule has 1 aliphatic rings. The standard InChI is InChI=1S/C20H21N5O2/c1-13-18(14(2)27-24-13)19-17(22-7-8-23-19)10-15-5-9-25(12-15)20(26)16-4-3-6-21-11-16/h3-4,6-8,11,15H,5,9-10,12H2,1-2H3. The molecule has 0 aromatic carbocycles. The van der Waals surface area contributed by atoms with Gasteiger partial charge in [0.15, 0.2) is 0 Å². The van der Waals surface area contributed by atoms with Crippen molar-refractivity contribution in [3.63, 3.8) is 0 Å². The summed E-state index contributed by atoms with van der Waals surface area (Å²) in [7, 11) is 0. The molecule has 1 unspecified atom stereocenters. The fraction of sp³-hybridized carbons (Fsp3) is 0.350. The molecule has 0 saturated carbocycles. The molecule has 1 saturated heterocycles.